The van der Waals surface area contributed by atoms with Crippen LogP contribution in [0.15, 0.2) is 6.07 Å². The Morgan fingerprint density at radius 3 is 2.73 bits per heavy atom. The van der Waals surface area contributed by atoms with Gasteiger partial charge in [0.15, 0.2) is 0 Å². The molecule has 1 aromatic heterocycles. The Bertz CT molecular complexity index is 362. The molecule has 0 aromatic carbocycles. The second-order valence-corrected chi connectivity index (χ2v) is 3.70. The Hall–Kier alpha value is -1.45. The van der Waals surface area contributed by atoms with Crippen LogP contribution in [0.4, 0.5) is 5.69 Å². The molecular formula is C11H16N2O2. The summed E-state index contributed by atoms with van der Waals surface area (Å²) in [6, 6.07) is 1.94. The maximum atomic E-state index is 5.74. The van der Waals surface area contributed by atoms with Crippen molar-refractivity contribution in [3.05, 3.63) is 11.8 Å². The summed E-state index contributed by atoms with van der Waals surface area (Å²) < 4.78 is 10.9. The van der Waals surface area contributed by atoms with Crippen molar-refractivity contribution in [2.24, 2.45) is 0 Å². The van der Waals surface area contributed by atoms with E-state index in [0.717, 1.165) is 30.0 Å². The first-order valence-electron chi connectivity index (χ1n) is 5.14. The second-order valence-electron chi connectivity index (χ2n) is 3.70. The molecule has 0 radical (unpaired) electrons. The Balaban J connectivity index is 2.28. The molecule has 15 heavy (non-hydrogen) atoms. The lowest BCUT2D eigenvalue weighted by atomic mass is 10.3. The van der Waals surface area contributed by atoms with Crippen LogP contribution in [0.25, 0.3) is 0 Å². The van der Waals surface area contributed by atoms with E-state index in [4.69, 9.17) is 9.47 Å². The fraction of sp³-hybridized carbons (Fsp3) is 0.545. The summed E-state index contributed by atoms with van der Waals surface area (Å²) in [7, 11) is 3.46. The molecule has 4 heteroatoms. The van der Waals surface area contributed by atoms with Gasteiger partial charge in [0, 0.05) is 13.1 Å². The largest absolute Gasteiger partial charge is 0.488 e. The molecule has 1 aromatic rings. The van der Waals surface area contributed by atoms with Crippen molar-refractivity contribution in [2.75, 3.05) is 19.5 Å². The van der Waals surface area contributed by atoms with Gasteiger partial charge in [-0.2, -0.15) is 0 Å². The minimum Gasteiger partial charge on any atom is -0.488 e. The van der Waals surface area contributed by atoms with E-state index in [1.54, 1.807) is 7.11 Å². The molecule has 2 rings (SSSR count). The summed E-state index contributed by atoms with van der Waals surface area (Å²) in [6.45, 7) is 1.93. The number of hydrogen-bond donors (Lipinski definition) is 1. The predicted octanol–water partition coefficient (Wildman–Crippen LogP) is 1.98. The van der Waals surface area contributed by atoms with E-state index in [2.05, 4.69) is 10.3 Å². The fourth-order valence-electron chi connectivity index (χ4n) is 1.38. The Kier molecular flexibility index (Phi) is 2.66. The van der Waals surface area contributed by atoms with Crippen molar-refractivity contribution in [3.8, 4) is 11.6 Å². The first-order chi connectivity index (χ1) is 7.24. The van der Waals surface area contributed by atoms with Gasteiger partial charge < -0.3 is 14.8 Å². The Labute approximate surface area is 89.6 Å². The standard InChI is InChI=1S/C11H16N2O2/c1-7-10(15-8-4-5-8)6-9(12-2)11(13-7)14-3/h6,8,12H,4-5H2,1-3H3. The normalized spacial score (nSPS) is 14.9. The number of methoxy groups -OCH3 is 1. The van der Waals surface area contributed by atoms with Crippen LogP contribution in [0, 0.1) is 6.92 Å². The van der Waals surface area contributed by atoms with Gasteiger partial charge in [-0.3, -0.25) is 0 Å². The van der Waals surface area contributed by atoms with Gasteiger partial charge >= 0.3 is 0 Å². The minimum atomic E-state index is 0.392. The van der Waals surface area contributed by atoms with Gasteiger partial charge in [-0.25, -0.2) is 4.98 Å². The Morgan fingerprint density at radius 2 is 2.20 bits per heavy atom. The van der Waals surface area contributed by atoms with Crippen LogP contribution in [0.2, 0.25) is 0 Å². The van der Waals surface area contributed by atoms with Crippen LogP contribution in [0.1, 0.15) is 18.5 Å². The number of nitrogens with one attached hydrogen (secondary N) is 1. The van der Waals surface area contributed by atoms with Crippen LogP contribution in [-0.2, 0) is 0 Å². The zero-order valence-corrected chi connectivity index (χ0v) is 9.33. The third-order valence-corrected chi connectivity index (χ3v) is 2.41. The highest BCUT2D eigenvalue weighted by molar-refractivity contribution is 5.57. The van der Waals surface area contributed by atoms with Crippen LogP contribution in [-0.4, -0.2) is 25.2 Å². The maximum Gasteiger partial charge on any atom is 0.237 e. The second kappa shape index (κ2) is 3.96. The molecule has 4 nitrogen and oxygen atoms in total. The van der Waals surface area contributed by atoms with Gasteiger partial charge in [0.1, 0.15) is 11.4 Å². The zero-order chi connectivity index (χ0) is 10.8. The summed E-state index contributed by atoms with van der Waals surface area (Å²) in [4.78, 5) is 4.33. The molecule has 0 unspecified atom stereocenters. The number of nitrogens with zero attached hydrogens (tertiary/aromatic N) is 1. The monoisotopic (exact) mass is 208 g/mol. The van der Waals surface area contributed by atoms with Crippen LogP contribution in [0.3, 0.4) is 0 Å². The van der Waals surface area contributed by atoms with Crippen molar-refractivity contribution >= 4 is 5.69 Å². The summed E-state index contributed by atoms with van der Waals surface area (Å²) >= 11 is 0. The van der Waals surface area contributed by atoms with Gasteiger partial charge in [-0.15, -0.1) is 0 Å². The molecule has 82 valence electrons. The van der Waals surface area contributed by atoms with Crippen LogP contribution >= 0.6 is 0 Å². The van der Waals surface area contributed by atoms with E-state index in [1.165, 1.54) is 0 Å². The van der Waals surface area contributed by atoms with E-state index in [1.807, 2.05) is 20.0 Å². The third kappa shape index (κ3) is 2.14. The minimum absolute atomic E-state index is 0.392. The van der Waals surface area contributed by atoms with E-state index in [0.29, 0.717) is 12.0 Å². The van der Waals surface area contributed by atoms with Gasteiger partial charge in [-0.1, -0.05) is 0 Å². The molecule has 0 aliphatic heterocycles. The first kappa shape index (κ1) is 10.1. The molecule has 0 spiro atoms. The van der Waals surface area contributed by atoms with Crippen LogP contribution < -0.4 is 14.8 Å². The third-order valence-electron chi connectivity index (χ3n) is 2.41. The SMILES string of the molecule is CNc1cc(OC2CC2)c(C)nc1OC. The summed E-state index contributed by atoms with van der Waals surface area (Å²) in [5.41, 5.74) is 1.73. The number of aromatic nitrogens is 1. The lowest BCUT2D eigenvalue weighted by molar-refractivity contribution is 0.298. The van der Waals surface area contributed by atoms with Gasteiger partial charge in [-0.05, 0) is 19.8 Å². The highest BCUT2D eigenvalue weighted by Gasteiger charge is 2.25. The molecule has 1 aliphatic carbocycles. The molecule has 0 amide bonds. The fourth-order valence-corrected chi connectivity index (χ4v) is 1.38. The molecule has 1 fully saturated rings. The number of anilines is 1. The van der Waals surface area contributed by atoms with E-state index in [-0.39, 0.29) is 0 Å². The first-order valence-corrected chi connectivity index (χ1v) is 5.14. The number of aryl methyl sites for hydroxylation is 1. The molecule has 0 saturated heterocycles. The topological polar surface area (TPSA) is 43.4 Å². The maximum absolute atomic E-state index is 5.74. The molecular weight excluding hydrogens is 192 g/mol. The summed E-state index contributed by atoms with van der Waals surface area (Å²) in [5, 5.41) is 3.04. The molecule has 0 bridgehead atoms. The molecule has 1 aliphatic rings. The average molecular weight is 208 g/mol. The number of pyridine rings is 1. The highest BCUT2D eigenvalue weighted by atomic mass is 16.5. The van der Waals surface area contributed by atoms with E-state index in [9.17, 15) is 0 Å². The van der Waals surface area contributed by atoms with Gasteiger partial charge in [0.05, 0.1) is 18.9 Å². The van der Waals surface area contributed by atoms with E-state index >= 15 is 0 Å². The quantitative estimate of drug-likeness (QED) is 0.821. The molecule has 1 N–H and O–H groups in total. The van der Waals surface area contributed by atoms with Gasteiger partial charge in [0.25, 0.3) is 0 Å². The predicted molar refractivity (Wildman–Crippen MR) is 58.7 cm³/mol. The zero-order valence-electron chi connectivity index (χ0n) is 9.33. The molecule has 0 atom stereocenters. The van der Waals surface area contributed by atoms with Crippen molar-refractivity contribution in [3.63, 3.8) is 0 Å². The van der Waals surface area contributed by atoms with Crippen molar-refractivity contribution in [1.29, 1.82) is 0 Å². The smallest absolute Gasteiger partial charge is 0.237 e. The number of rotatable bonds is 4. The molecule has 1 saturated carbocycles. The Morgan fingerprint density at radius 1 is 1.47 bits per heavy atom. The average Bonchev–Trinajstić information content (AvgIpc) is 3.04. The summed E-state index contributed by atoms with van der Waals surface area (Å²) in [6.07, 6.45) is 2.70. The lowest BCUT2D eigenvalue weighted by Gasteiger charge is -2.12. The molecule has 1 heterocycles. The number of hydrogen-bond acceptors (Lipinski definition) is 4. The lowest BCUT2D eigenvalue weighted by Crippen LogP contribution is -2.03. The highest BCUT2D eigenvalue weighted by Crippen LogP contribution is 2.33. The van der Waals surface area contributed by atoms with Crippen molar-refractivity contribution < 1.29 is 9.47 Å². The van der Waals surface area contributed by atoms with Gasteiger partial charge in [0.2, 0.25) is 5.88 Å². The summed E-state index contributed by atoms with van der Waals surface area (Å²) in [5.74, 6) is 1.46. The van der Waals surface area contributed by atoms with Crippen LogP contribution in [0.5, 0.6) is 11.6 Å². The van der Waals surface area contributed by atoms with Crippen molar-refractivity contribution in [2.45, 2.75) is 25.9 Å². The number of ether oxygens (including phenoxy) is 2. The van der Waals surface area contributed by atoms with E-state index < -0.39 is 0 Å². The van der Waals surface area contributed by atoms with Crippen molar-refractivity contribution in [1.82, 2.24) is 4.98 Å².